The van der Waals surface area contributed by atoms with E-state index in [4.69, 9.17) is 15.3 Å². The summed E-state index contributed by atoms with van der Waals surface area (Å²) in [6.45, 7) is 6.41. The van der Waals surface area contributed by atoms with E-state index < -0.39 is 17.9 Å². The first kappa shape index (κ1) is 28.2. The summed E-state index contributed by atoms with van der Waals surface area (Å²) in [5, 5.41) is 23.6. The molecule has 0 aromatic rings. The minimum atomic E-state index is -1.26. The van der Waals surface area contributed by atoms with Crippen LogP contribution in [0.5, 0.6) is 0 Å². The molecule has 0 aliphatic rings. The Kier molecular flexibility index (Phi) is 27.9. The van der Waals surface area contributed by atoms with Gasteiger partial charge >= 0.3 is 87.5 Å². The van der Waals surface area contributed by atoms with Gasteiger partial charge in [-0.15, -0.1) is 0 Å². The van der Waals surface area contributed by atoms with Gasteiger partial charge in [0.15, 0.2) is 0 Å². The van der Waals surface area contributed by atoms with Gasteiger partial charge in [0, 0.05) is 18.2 Å². The average Bonchev–Trinajstić information content (AvgIpc) is 2.54. The van der Waals surface area contributed by atoms with E-state index in [1.165, 1.54) is 31.8 Å². The van der Waals surface area contributed by atoms with E-state index in [1.54, 1.807) is 21.0 Å². The zero-order valence-corrected chi connectivity index (χ0v) is 18.1. The Morgan fingerprint density at radius 3 is 1.44 bits per heavy atom. The molecule has 0 aliphatic carbocycles. The molecule has 142 valence electrons. The minimum absolute atomic E-state index is 0.149. The molecule has 7 heteroatoms. The predicted octanol–water partition coefficient (Wildman–Crippen LogP) is 4.04. The number of carboxylic acid groups (broad SMARTS) is 3. The number of unbranched alkanes of at least 4 members (excludes halogenated alkanes) is 2. The number of aliphatic carboxylic acids is 3. The molecule has 0 amide bonds. The largest absolute Gasteiger partial charge is 0.478 e. The van der Waals surface area contributed by atoms with Crippen LogP contribution in [0.1, 0.15) is 46.5 Å². The molecule has 6 nitrogen and oxygen atoms in total. The Balaban J connectivity index is -0.000000291. The molecule has 0 saturated heterocycles. The van der Waals surface area contributed by atoms with Crippen LogP contribution in [0.15, 0.2) is 36.5 Å². The smallest absolute Gasteiger partial charge is 0.328 e. The van der Waals surface area contributed by atoms with E-state index in [0.717, 1.165) is 6.08 Å². The maximum atomic E-state index is 9.75. The molecular formula is C18H30O6Sn. The van der Waals surface area contributed by atoms with Crippen LogP contribution in [0.2, 0.25) is 8.87 Å². The molecule has 0 unspecified atom stereocenters. The molecule has 0 heterocycles. The van der Waals surface area contributed by atoms with Gasteiger partial charge in [-0.1, -0.05) is 18.2 Å². The first-order chi connectivity index (χ1) is 11.8. The Morgan fingerprint density at radius 2 is 1.16 bits per heavy atom. The second-order valence-corrected chi connectivity index (χ2v) is 8.97. The van der Waals surface area contributed by atoms with Gasteiger partial charge in [0.2, 0.25) is 0 Å². The molecule has 0 spiro atoms. The topological polar surface area (TPSA) is 112 Å². The molecule has 2 radical (unpaired) electrons. The number of rotatable bonds is 10. The number of hydrogen-bond acceptors (Lipinski definition) is 3. The SMILES string of the molecule is C/C=C/C=C/C(=O)O.CCC[CH2][Sn][CH2]CCC.O=C(O)/C=C\C(=O)O. The van der Waals surface area contributed by atoms with Crippen molar-refractivity contribution in [1.82, 2.24) is 0 Å². The minimum Gasteiger partial charge on any atom is -0.478 e. The van der Waals surface area contributed by atoms with E-state index in [1.807, 2.05) is 6.92 Å². The number of carboxylic acids is 3. The van der Waals surface area contributed by atoms with Crippen LogP contribution >= 0.6 is 0 Å². The Labute approximate surface area is 160 Å². The van der Waals surface area contributed by atoms with E-state index in [2.05, 4.69) is 13.8 Å². The summed E-state index contributed by atoms with van der Waals surface area (Å²) in [5.74, 6) is -3.43. The Bertz CT molecular complexity index is 405. The zero-order chi connectivity index (χ0) is 19.9. The Hall–Kier alpha value is -1.57. The van der Waals surface area contributed by atoms with Crippen LogP contribution < -0.4 is 0 Å². The molecule has 0 saturated carbocycles. The second kappa shape index (κ2) is 24.7. The Morgan fingerprint density at radius 1 is 0.760 bits per heavy atom. The fraction of sp³-hybridized carbons (Fsp3) is 0.500. The summed E-state index contributed by atoms with van der Waals surface area (Å²) in [5.41, 5.74) is 0. The molecule has 0 aliphatic heterocycles. The summed E-state index contributed by atoms with van der Waals surface area (Å²) in [7, 11) is 0. The van der Waals surface area contributed by atoms with Gasteiger partial charge < -0.3 is 15.3 Å². The van der Waals surface area contributed by atoms with Crippen molar-refractivity contribution in [2.24, 2.45) is 0 Å². The normalized spacial score (nSPS) is 10.2. The second-order valence-electron chi connectivity index (χ2n) is 4.69. The molecule has 3 N–H and O–H groups in total. The van der Waals surface area contributed by atoms with Crippen LogP contribution in [0.4, 0.5) is 0 Å². The third kappa shape index (κ3) is 45.0. The summed E-state index contributed by atoms with van der Waals surface area (Å²) in [4.78, 5) is 28.9. The van der Waals surface area contributed by atoms with Gasteiger partial charge in [-0.25, -0.2) is 14.4 Å². The molecule has 0 aromatic heterocycles. The molecule has 0 bridgehead atoms. The summed E-state index contributed by atoms with van der Waals surface area (Å²) < 4.78 is 3.25. The summed E-state index contributed by atoms with van der Waals surface area (Å²) in [6, 6.07) is 0. The molecule has 0 atom stereocenters. The van der Waals surface area contributed by atoms with Crippen molar-refractivity contribution in [2.75, 3.05) is 0 Å². The van der Waals surface area contributed by atoms with Crippen LogP contribution in [0, 0.1) is 0 Å². The van der Waals surface area contributed by atoms with Crippen LogP contribution in [-0.4, -0.2) is 54.4 Å². The van der Waals surface area contributed by atoms with Gasteiger partial charge in [0.05, 0.1) is 0 Å². The van der Waals surface area contributed by atoms with Gasteiger partial charge in [-0.3, -0.25) is 0 Å². The van der Waals surface area contributed by atoms with Crippen LogP contribution in [0.25, 0.3) is 0 Å². The molecule has 0 fully saturated rings. The van der Waals surface area contributed by atoms with E-state index in [-0.39, 0.29) is 21.1 Å². The van der Waals surface area contributed by atoms with Gasteiger partial charge in [-0.2, -0.15) is 0 Å². The maximum absolute atomic E-state index is 9.75. The van der Waals surface area contributed by atoms with Gasteiger partial charge in [0.1, 0.15) is 0 Å². The fourth-order valence-corrected chi connectivity index (χ4v) is 5.28. The third-order valence-corrected chi connectivity index (χ3v) is 6.36. The standard InChI is InChI=1S/C6H8O2.C4H4O4.2C4H9.Sn/c1-2-3-4-5-6(7)8;5-3(6)1-2-4(7)8;2*1-3-4-2;/h2-5H,1H3,(H,7,8);1-2H,(H,5,6)(H,7,8);2*1,3-4H2,2H3;/b3-2+,5-4+;2-1-;;;. The van der Waals surface area contributed by atoms with Crippen molar-refractivity contribution in [3.8, 4) is 0 Å². The third-order valence-electron chi connectivity index (χ3n) is 2.33. The van der Waals surface area contributed by atoms with E-state index in [9.17, 15) is 14.4 Å². The van der Waals surface area contributed by atoms with Crippen molar-refractivity contribution in [1.29, 1.82) is 0 Å². The maximum Gasteiger partial charge on any atom is 0.328 e. The first-order valence-electron chi connectivity index (χ1n) is 8.18. The molecule has 0 aromatic carbocycles. The quantitative estimate of drug-likeness (QED) is 0.196. The van der Waals surface area contributed by atoms with Crippen molar-refractivity contribution in [2.45, 2.75) is 55.3 Å². The zero-order valence-electron chi connectivity index (χ0n) is 15.3. The van der Waals surface area contributed by atoms with Crippen molar-refractivity contribution in [3.05, 3.63) is 36.5 Å². The average molecular weight is 461 g/mol. The number of carbonyl (C=O) groups is 3. The fourth-order valence-electron chi connectivity index (χ4n) is 1.12. The van der Waals surface area contributed by atoms with Crippen LogP contribution in [0.3, 0.4) is 0 Å². The molecular weight excluding hydrogens is 431 g/mol. The monoisotopic (exact) mass is 462 g/mol. The van der Waals surface area contributed by atoms with Crippen molar-refractivity contribution < 1.29 is 29.7 Å². The summed E-state index contributed by atoms with van der Waals surface area (Å²) in [6.07, 6.45) is 12.9. The first-order valence-corrected chi connectivity index (χ1v) is 12.2. The van der Waals surface area contributed by atoms with Gasteiger partial charge in [-0.05, 0) is 6.92 Å². The predicted molar refractivity (Wildman–Crippen MR) is 101 cm³/mol. The number of hydrogen-bond donors (Lipinski definition) is 3. The van der Waals surface area contributed by atoms with E-state index in [0.29, 0.717) is 12.2 Å². The van der Waals surface area contributed by atoms with Crippen molar-refractivity contribution >= 4 is 39.1 Å². The summed E-state index contributed by atoms with van der Waals surface area (Å²) >= 11 is 0.149. The van der Waals surface area contributed by atoms with Gasteiger partial charge in [0.25, 0.3) is 0 Å². The van der Waals surface area contributed by atoms with Crippen LogP contribution in [-0.2, 0) is 14.4 Å². The van der Waals surface area contributed by atoms with E-state index >= 15 is 0 Å². The van der Waals surface area contributed by atoms with Crippen molar-refractivity contribution in [3.63, 3.8) is 0 Å². The molecule has 25 heavy (non-hydrogen) atoms. The molecule has 0 rings (SSSR count). The number of allylic oxidation sites excluding steroid dienone is 3.